The van der Waals surface area contributed by atoms with Gasteiger partial charge in [0.2, 0.25) is 0 Å². The molecule has 0 radical (unpaired) electrons. The molecule has 0 aliphatic rings. The van der Waals surface area contributed by atoms with Crippen LogP contribution in [0, 0.1) is 11.6 Å². The summed E-state index contributed by atoms with van der Waals surface area (Å²) in [5.74, 6) is -2.13. The Labute approximate surface area is 111 Å². The minimum atomic E-state index is -4.55. The van der Waals surface area contributed by atoms with Crippen LogP contribution < -0.4 is 5.73 Å². The van der Waals surface area contributed by atoms with E-state index < -0.39 is 23.4 Å². The Morgan fingerprint density at radius 2 is 1.60 bits per heavy atom. The monoisotopic (exact) mass is 287 g/mol. The van der Waals surface area contributed by atoms with E-state index in [-0.39, 0.29) is 23.2 Å². The van der Waals surface area contributed by atoms with Crippen molar-refractivity contribution in [3.05, 3.63) is 64.7 Å². The minimum Gasteiger partial charge on any atom is -0.399 e. The van der Waals surface area contributed by atoms with E-state index in [0.717, 1.165) is 18.2 Å². The number of halogens is 5. The van der Waals surface area contributed by atoms with Crippen molar-refractivity contribution in [2.24, 2.45) is 0 Å². The molecule has 2 N–H and O–H groups in total. The van der Waals surface area contributed by atoms with Gasteiger partial charge in [0.25, 0.3) is 0 Å². The zero-order chi connectivity index (χ0) is 14.9. The average molecular weight is 287 g/mol. The van der Waals surface area contributed by atoms with Gasteiger partial charge in [0.05, 0.1) is 5.56 Å². The molecule has 106 valence electrons. The van der Waals surface area contributed by atoms with Crippen LogP contribution in [0.25, 0.3) is 0 Å². The summed E-state index contributed by atoms with van der Waals surface area (Å²) in [7, 11) is 0. The fourth-order valence-corrected chi connectivity index (χ4v) is 1.88. The summed E-state index contributed by atoms with van der Waals surface area (Å²) < 4.78 is 64.5. The fraction of sp³-hybridized carbons (Fsp3) is 0.143. The van der Waals surface area contributed by atoms with E-state index in [1.807, 2.05) is 0 Å². The van der Waals surface area contributed by atoms with Crippen LogP contribution in [0.4, 0.5) is 27.6 Å². The quantitative estimate of drug-likeness (QED) is 0.651. The molecule has 0 fully saturated rings. The van der Waals surface area contributed by atoms with E-state index in [2.05, 4.69) is 0 Å². The van der Waals surface area contributed by atoms with Crippen molar-refractivity contribution in [3.63, 3.8) is 0 Å². The van der Waals surface area contributed by atoms with Crippen molar-refractivity contribution in [2.45, 2.75) is 12.6 Å². The third-order valence-corrected chi connectivity index (χ3v) is 2.82. The van der Waals surface area contributed by atoms with Crippen LogP contribution in [0.3, 0.4) is 0 Å². The van der Waals surface area contributed by atoms with Gasteiger partial charge < -0.3 is 5.73 Å². The highest BCUT2D eigenvalue weighted by Crippen LogP contribution is 2.34. The Hall–Kier alpha value is -2.11. The number of hydrogen-bond donors (Lipinski definition) is 1. The molecular weight excluding hydrogens is 277 g/mol. The van der Waals surface area contributed by atoms with Gasteiger partial charge in [-0.3, -0.25) is 0 Å². The molecule has 0 aliphatic carbocycles. The Bertz CT molecular complexity index is 634. The second-order valence-corrected chi connectivity index (χ2v) is 4.34. The molecule has 0 bridgehead atoms. The van der Waals surface area contributed by atoms with E-state index >= 15 is 0 Å². The summed E-state index contributed by atoms with van der Waals surface area (Å²) in [6.07, 6.45) is -4.71. The first-order chi connectivity index (χ1) is 9.27. The minimum absolute atomic E-state index is 0.00800. The summed E-state index contributed by atoms with van der Waals surface area (Å²) in [6.45, 7) is 0. The Morgan fingerprint density at radius 1 is 0.900 bits per heavy atom. The molecule has 2 aromatic rings. The maximum atomic E-state index is 13.1. The number of hydrogen-bond acceptors (Lipinski definition) is 1. The summed E-state index contributed by atoms with van der Waals surface area (Å²) in [4.78, 5) is 0. The number of nitrogens with two attached hydrogens (primary N) is 1. The molecule has 6 heteroatoms. The topological polar surface area (TPSA) is 26.0 Å². The number of rotatable bonds is 2. The van der Waals surface area contributed by atoms with Gasteiger partial charge in [-0.15, -0.1) is 0 Å². The highest BCUT2D eigenvalue weighted by molar-refractivity contribution is 5.47. The van der Waals surface area contributed by atoms with Crippen molar-refractivity contribution < 1.29 is 22.0 Å². The molecule has 0 unspecified atom stereocenters. The highest BCUT2D eigenvalue weighted by Gasteiger charge is 2.33. The van der Waals surface area contributed by atoms with E-state index in [9.17, 15) is 22.0 Å². The SMILES string of the molecule is Nc1ccc(Cc2ccc(F)c(F)c2)c(C(F)(F)F)c1. The zero-order valence-corrected chi connectivity index (χ0v) is 10.1. The first-order valence-electron chi connectivity index (χ1n) is 5.67. The van der Waals surface area contributed by atoms with Crippen LogP contribution in [-0.2, 0) is 12.6 Å². The smallest absolute Gasteiger partial charge is 0.399 e. The van der Waals surface area contributed by atoms with Crippen LogP contribution >= 0.6 is 0 Å². The Balaban J connectivity index is 2.40. The molecule has 1 nitrogen and oxygen atoms in total. The van der Waals surface area contributed by atoms with E-state index in [0.29, 0.717) is 0 Å². The largest absolute Gasteiger partial charge is 0.416 e. The van der Waals surface area contributed by atoms with Crippen LogP contribution in [0.15, 0.2) is 36.4 Å². The van der Waals surface area contributed by atoms with Crippen molar-refractivity contribution in [1.29, 1.82) is 0 Å². The molecule has 0 amide bonds. The average Bonchev–Trinajstić information content (AvgIpc) is 2.35. The predicted molar refractivity (Wildman–Crippen MR) is 65.0 cm³/mol. The van der Waals surface area contributed by atoms with Crippen LogP contribution in [0.5, 0.6) is 0 Å². The summed E-state index contributed by atoms with van der Waals surface area (Å²) in [5.41, 5.74) is 4.68. The zero-order valence-electron chi connectivity index (χ0n) is 10.1. The standard InChI is InChI=1S/C14H10F5N/c15-12-4-1-8(6-13(12)16)5-9-2-3-10(20)7-11(9)14(17,18)19/h1-4,6-7H,5,20H2. The third-order valence-electron chi connectivity index (χ3n) is 2.82. The van der Waals surface area contributed by atoms with Gasteiger partial charge in [0, 0.05) is 5.69 Å². The number of alkyl halides is 3. The summed E-state index contributed by atoms with van der Waals surface area (Å²) >= 11 is 0. The van der Waals surface area contributed by atoms with Gasteiger partial charge in [-0.2, -0.15) is 13.2 Å². The number of anilines is 1. The van der Waals surface area contributed by atoms with Crippen LogP contribution in [0.2, 0.25) is 0 Å². The van der Waals surface area contributed by atoms with Gasteiger partial charge in [-0.05, 0) is 41.8 Å². The normalized spacial score (nSPS) is 11.7. The van der Waals surface area contributed by atoms with Crippen molar-refractivity contribution in [2.75, 3.05) is 5.73 Å². The lowest BCUT2D eigenvalue weighted by Gasteiger charge is -2.13. The predicted octanol–water partition coefficient (Wildman–Crippen LogP) is 4.16. The third kappa shape index (κ3) is 3.07. The maximum absolute atomic E-state index is 13.1. The summed E-state index contributed by atoms with van der Waals surface area (Å²) in [5, 5.41) is 0. The first-order valence-corrected chi connectivity index (χ1v) is 5.67. The molecule has 2 rings (SSSR count). The molecular formula is C14H10F5N. The summed E-state index contributed by atoms with van der Waals surface area (Å²) in [6, 6.07) is 6.41. The molecule has 0 saturated heterocycles. The lowest BCUT2D eigenvalue weighted by molar-refractivity contribution is -0.138. The molecule has 20 heavy (non-hydrogen) atoms. The number of benzene rings is 2. The molecule has 0 heterocycles. The van der Waals surface area contributed by atoms with Crippen molar-refractivity contribution in [1.82, 2.24) is 0 Å². The van der Waals surface area contributed by atoms with Crippen LogP contribution in [0.1, 0.15) is 16.7 Å². The first kappa shape index (κ1) is 14.3. The van der Waals surface area contributed by atoms with Gasteiger partial charge in [0.1, 0.15) is 0 Å². The van der Waals surface area contributed by atoms with Crippen LogP contribution in [-0.4, -0.2) is 0 Å². The van der Waals surface area contributed by atoms with E-state index in [4.69, 9.17) is 5.73 Å². The van der Waals surface area contributed by atoms with E-state index in [1.54, 1.807) is 0 Å². The van der Waals surface area contributed by atoms with Gasteiger partial charge in [-0.1, -0.05) is 12.1 Å². The van der Waals surface area contributed by atoms with Crippen molar-refractivity contribution >= 4 is 5.69 Å². The molecule has 0 aromatic heterocycles. The molecule has 0 spiro atoms. The Kier molecular flexibility index (Phi) is 3.65. The van der Waals surface area contributed by atoms with Gasteiger partial charge >= 0.3 is 6.18 Å². The molecule has 2 aromatic carbocycles. The second kappa shape index (κ2) is 5.11. The van der Waals surface area contributed by atoms with Gasteiger partial charge in [-0.25, -0.2) is 8.78 Å². The van der Waals surface area contributed by atoms with Gasteiger partial charge in [0.15, 0.2) is 11.6 Å². The Morgan fingerprint density at radius 3 is 2.20 bits per heavy atom. The lowest BCUT2D eigenvalue weighted by Crippen LogP contribution is -2.10. The van der Waals surface area contributed by atoms with Crippen molar-refractivity contribution in [3.8, 4) is 0 Å². The molecule has 0 aliphatic heterocycles. The maximum Gasteiger partial charge on any atom is 0.416 e. The second-order valence-electron chi connectivity index (χ2n) is 4.34. The molecule has 0 saturated carbocycles. The highest BCUT2D eigenvalue weighted by atomic mass is 19.4. The number of nitrogen functional groups attached to an aromatic ring is 1. The lowest BCUT2D eigenvalue weighted by atomic mass is 9.98. The van der Waals surface area contributed by atoms with E-state index in [1.165, 1.54) is 18.2 Å². The molecule has 0 atom stereocenters. The fourth-order valence-electron chi connectivity index (χ4n) is 1.88.